The van der Waals surface area contributed by atoms with Crippen LogP contribution in [0.2, 0.25) is 0 Å². The fraction of sp³-hybridized carbons (Fsp3) is 0.435. The van der Waals surface area contributed by atoms with E-state index in [0.29, 0.717) is 5.56 Å². The van der Waals surface area contributed by atoms with Crippen LogP contribution >= 0.6 is 0 Å². The third-order valence-corrected chi connectivity index (χ3v) is 5.81. The summed E-state index contributed by atoms with van der Waals surface area (Å²) in [5.74, 6) is 0.0753. The first-order valence-electron chi connectivity index (χ1n) is 10.5. The van der Waals surface area contributed by atoms with Gasteiger partial charge in [-0.15, -0.1) is 0 Å². The minimum Gasteiger partial charge on any atom is -0.336 e. The first kappa shape index (κ1) is 19.6. The van der Waals surface area contributed by atoms with E-state index in [1.165, 1.54) is 0 Å². The number of nitrogens with zero attached hydrogens (tertiary/aromatic N) is 5. The van der Waals surface area contributed by atoms with Gasteiger partial charge in [0, 0.05) is 37.8 Å². The molecule has 1 fully saturated rings. The fourth-order valence-corrected chi connectivity index (χ4v) is 4.01. The number of piperazine rings is 1. The summed E-state index contributed by atoms with van der Waals surface area (Å²) < 4.78 is 1.91. The molecule has 6 nitrogen and oxygen atoms in total. The number of amides is 1. The molecular weight excluding hydrogens is 362 g/mol. The van der Waals surface area contributed by atoms with Gasteiger partial charge in [-0.1, -0.05) is 31.2 Å². The van der Waals surface area contributed by atoms with E-state index in [0.717, 1.165) is 60.6 Å². The van der Waals surface area contributed by atoms with Crippen molar-refractivity contribution in [3.63, 3.8) is 0 Å². The van der Waals surface area contributed by atoms with Crippen LogP contribution in [0.3, 0.4) is 0 Å². The molecule has 2 aromatic heterocycles. The van der Waals surface area contributed by atoms with Crippen LogP contribution in [-0.4, -0.2) is 63.2 Å². The maximum atomic E-state index is 13.5. The van der Waals surface area contributed by atoms with Crippen molar-refractivity contribution in [3.8, 4) is 11.3 Å². The molecule has 6 heteroatoms. The second kappa shape index (κ2) is 7.95. The number of benzene rings is 1. The zero-order chi connectivity index (χ0) is 20.5. The molecule has 4 rings (SSSR count). The van der Waals surface area contributed by atoms with Crippen molar-refractivity contribution in [3.05, 3.63) is 47.7 Å². The Morgan fingerprint density at radius 2 is 1.86 bits per heavy atom. The highest BCUT2D eigenvalue weighted by atomic mass is 16.2. The highest BCUT2D eigenvalue weighted by molar-refractivity contribution is 6.06. The molecule has 1 aliphatic rings. The SMILES string of the molecule is CCN1CCN(C(=O)c2cc(-c3ccccc3C)nc3c2cnn3C(C)C)CC1. The smallest absolute Gasteiger partial charge is 0.254 e. The Balaban J connectivity index is 1.82. The van der Waals surface area contributed by atoms with Crippen LogP contribution in [-0.2, 0) is 0 Å². The Morgan fingerprint density at radius 1 is 1.14 bits per heavy atom. The van der Waals surface area contributed by atoms with Crippen molar-refractivity contribution in [2.45, 2.75) is 33.7 Å². The van der Waals surface area contributed by atoms with Gasteiger partial charge >= 0.3 is 0 Å². The van der Waals surface area contributed by atoms with Gasteiger partial charge in [-0.2, -0.15) is 5.10 Å². The monoisotopic (exact) mass is 391 g/mol. The predicted octanol–water partition coefficient (Wildman–Crippen LogP) is 3.77. The molecule has 0 bridgehead atoms. The molecule has 1 aromatic carbocycles. The normalized spacial score (nSPS) is 15.4. The van der Waals surface area contributed by atoms with Crippen molar-refractivity contribution >= 4 is 16.9 Å². The molecule has 1 aliphatic heterocycles. The minimum atomic E-state index is 0.0753. The Morgan fingerprint density at radius 3 is 2.52 bits per heavy atom. The van der Waals surface area contributed by atoms with Crippen LogP contribution in [0, 0.1) is 6.92 Å². The van der Waals surface area contributed by atoms with Gasteiger partial charge in [-0.05, 0) is 38.9 Å². The first-order valence-corrected chi connectivity index (χ1v) is 10.5. The van der Waals surface area contributed by atoms with Crippen LogP contribution < -0.4 is 0 Å². The third-order valence-electron chi connectivity index (χ3n) is 5.81. The number of hydrogen-bond acceptors (Lipinski definition) is 4. The Kier molecular flexibility index (Phi) is 5.37. The molecule has 1 amide bonds. The van der Waals surface area contributed by atoms with E-state index in [1.54, 1.807) is 6.20 Å². The summed E-state index contributed by atoms with van der Waals surface area (Å²) in [6, 6.07) is 10.3. The molecule has 0 atom stereocenters. The van der Waals surface area contributed by atoms with Gasteiger partial charge in [-0.25, -0.2) is 9.67 Å². The lowest BCUT2D eigenvalue weighted by atomic mass is 10.0. The third kappa shape index (κ3) is 3.65. The topological polar surface area (TPSA) is 54.3 Å². The molecule has 3 aromatic rings. The Hall–Kier alpha value is -2.73. The average Bonchev–Trinajstić information content (AvgIpc) is 3.17. The number of aromatic nitrogens is 3. The number of fused-ring (bicyclic) bond motifs is 1. The number of hydrogen-bond donors (Lipinski definition) is 0. The van der Waals surface area contributed by atoms with Gasteiger partial charge in [0.15, 0.2) is 5.65 Å². The predicted molar refractivity (Wildman–Crippen MR) is 116 cm³/mol. The van der Waals surface area contributed by atoms with E-state index in [-0.39, 0.29) is 11.9 Å². The van der Waals surface area contributed by atoms with Gasteiger partial charge < -0.3 is 9.80 Å². The second-order valence-corrected chi connectivity index (χ2v) is 8.02. The number of carbonyl (C=O) groups is 1. The summed E-state index contributed by atoms with van der Waals surface area (Å²) in [5, 5.41) is 5.37. The van der Waals surface area contributed by atoms with E-state index in [9.17, 15) is 4.79 Å². The quantitative estimate of drug-likeness (QED) is 0.679. The Labute approximate surface area is 172 Å². The molecule has 0 N–H and O–H groups in total. The molecule has 0 saturated carbocycles. The zero-order valence-electron chi connectivity index (χ0n) is 17.7. The molecular formula is C23H29N5O. The van der Waals surface area contributed by atoms with Gasteiger partial charge in [0.25, 0.3) is 5.91 Å². The molecule has 152 valence electrons. The summed E-state index contributed by atoms with van der Waals surface area (Å²) in [7, 11) is 0. The highest BCUT2D eigenvalue weighted by Crippen LogP contribution is 2.29. The summed E-state index contributed by atoms with van der Waals surface area (Å²) >= 11 is 0. The fourth-order valence-electron chi connectivity index (χ4n) is 4.01. The molecule has 0 spiro atoms. The van der Waals surface area contributed by atoms with Crippen molar-refractivity contribution < 1.29 is 4.79 Å². The summed E-state index contributed by atoms with van der Waals surface area (Å²) in [6.45, 7) is 12.8. The molecule has 0 radical (unpaired) electrons. The van der Waals surface area contributed by atoms with Crippen LogP contribution in [0.15, 0.2) is 36.5 Å². The summed E-state index contributed by atoms with van der Waals surface area (Å²) in [4.78, 5) is 22.8. The van der Waals surface area contributed by atoms with E-state index >= 15 is 0 Å². The standard InChI is InChI=1S/C23H29N5O/c1-5-26-10-12-27(13-11-26)23(29)19-14-21(18-9-7-6-8-17(18)4)25-22-20(19)15-24-28(22)16(2)3/h6-9,14-16H,5,10-13H2,1-4H3. The van der Waals surface area contributed by atoms with Crippen molar-refractivity contribution in [2.75, 3.05) is 32.7 Å². The highest BCUT2D eigenvalue weighted by Gasteiger charge is 2.25. The maximum Gasteiger partial charge on any atom is 0.254 e. The van der Waals surface area contributed by atoms with Crippen molar-refractivity contribution in [1.82, 2.24) is 24.6 Å². The first-order chi connectivity index (χ1) is 14.0. The van der Waals surface area contributed by atoms with Gasteiger partial charge in [0.2, 0.25) is 0 Å². The van der Waals surface area contributed by atoms with E-state index in [2.05, 4.69) is 49.8 Å². The van der Waals surface area contributed by atoms with Gasteiger partial charge in [0.1, 0.15) is 0 Å². The lowest BCUT2D eigenvalue weighted by Gasteiger charge is -2.34. The average molecular weight is 392 g/mol. The van der Waals surface area contributed by atoms with Crippen LogP contribution in [0.5, 0.6) is 0 Å². The molecule has 29 heavy (non-hydrogen) atoms. The Bertz CT molecular complexity index is 1030. The van der Waals surface area contributed by atoms with Crippen molar-refractivity contribution in [2.24, 2.45) is 0 Å². The van der Waals surface area contributed by atoms with E-state index in [1.807, 2.05) is 27.8 Å². The number of carbonyl (C=O) groups excluding carboxylic acids is 1. The summed E-state index contributed by atoms with van der Waals surface area (Å²) in [6.07, 6.45) is 1.79. The lowest BCUT2D eigenvalue weighted by Crippen LogP contribution is -2.48. The zero-order valence-corrected chi connectivity index (χ0v) is 17.7. The minimum absolute atomic E-state index is 0.0753. The number of aryl methyl sites for hydroxylation is 1. The number of pyridine rings is 1. The number of rotatable bonds is 4. The molecule has 1 saturated heterocycles. The van der Waals surface area contributed by atoms with E-state index < -0.39 is 0 Å². The maximum absolute atomic E-state index is 13.5. The van der Waals surface area contributed by atoms with Gasteiger partial charge in [0.05, 0.1) is 22.8 Å². The largest absolute Gasteiger partial charge is 0.336 e. The molecule has 0 unspecified atom stereocenters. The second-order valence-electron chi connectivity index (χ2n) is 8.02. The van der Waals surface area contributed by atoms with E-state index in [4.69, 9.17) is 4.98 Å². The lowest BCUT2D eigenvalue weighted by molar-refractivity contribution is 0.0645. The van der Waals surface area contributed by atoms with Crippen LogP contribution in [0.4, 0.5) is 0 Å². The molecule has 3 heterocycles. The van der Waals surface area contributed by atoms with Gasteiger partial charge in [-0.3, -0.25) is 4.79 Å². The summed E-state index contributed by atoms with van der Waals surface area (Å²) in [5.41, 5.74) is 4.50. The van der Waals surface area contributed by atoms with Crippen molar-refractivity contribution in [1.29, 1.82) is 0 Å². The van der Waals surface area contributed by atoms with Crippen LogP contribution in [0.1, 0.15) is 42.7 Å². The molecule has 0 aliphatic carbocycles. The number of likely N-dealkylation sites (N-methyl/N-ethyl adjacent to an activating group) is 1. The van der Waals surface area contributed by atoms with Crippen LogP contribution in [0.25, 0.3) is 22.3 Å².